The highest BCUT2D eigenvalue weighted by Crippen LogP contribution is 2.24. The van der Waals surface area contributed by atoms with Crippen LogP contribution in [0.4, 0.5) is 0 Å². The second-order valence-corrected chi connectivity index (χ2v) is 6.29. The third-order valence-corrected chi connectivity index (χ3v) is 4.55. The van der Waals surface area contributed by atoms with Crippen LogP contribution >= 0.6 is 11.6 Å². The summed E-state index contributed by atoms with van der Waals surface area (Å²) in [5.74, 6) is 0. The number of ether oxygens (including phenoxy) is 1. The molecule has 2 rings (SSSR count). The molecule has 0 aromatic heterocycles. The summed E-state index contributed by atoms with van der Waals surface area (Å²) in [6.45, 7) is 7.79. The SMILES string of the molecule is CCC1CN(C(C)(CN)Cc2ccc(Cl)cc2)CCO1. The molecule has 1 aromatic rings. The van der Waals surface area contributed by atoms with Crippen molar-refractivity contribution in [2.24, 2.45) is 5.73 Å². The van der Waals surface area contributed by atoms with Crippen LogP contribution in [0.2, 0.25) is 5.02 Å². The lowest BCUT2D eigenvalue weighted by atomic mass is 9.90. The number of hydrogen-bond acceptors (Lipinski definition) is 3. The van der Waals surface area contributed by atoms with E-state index in [0.29, 0.717) is 12.6 Å². The second-order valence-electron chi connectivity index (χ2n) is 5.85. The summed E-state index contributed by atoms with van der Waals surface area (Å²) in [4.78, 5) is 2.49. The van der Waals surface area contributed by atoms with Crippen LogP contribution in [-0.2, 0) is 11.2 Å². The number of rotatable bonds is 5. The molecule has 1 saturated heterocycles. The van der Waals surface area contributed by atoms with E-state index in [0.717, 1.165) is 37.6 Å². The van der Waals surface area contributed by atoms with Crippen molar-refractivity contribution in [2.75, 3.05) is 26.2 Å². The van der Waals surface area contributed by atoms with Crippen LogP contribution in [0.5, 0.6) is 0 Å². The van der Waals surface area contributed by atoms with Crippen LogP contribution in [0, 0.1) is 0 Å². The Labute approximate surface area is 127 Å². The van der Waals surface area contributed by atoms with Gasteiger partial charge >= 0.3 is 0 Å². The van der Waals surface area contributed by atoms with Gasteiger partial charge in [0.1, 0.15) is 0 Å². The Morgan fingerprint density at radius 2 is 2.10 bits per heavy atom. The molecule has 3 nitrogen and oxygen atoms in total. The number of halogens is 1. The summed E-state index contributed by atoms with van der Waals surface area (Å²) in [5.41, 5.74) is 7.35. The Bertz CT molecular complexity index is 423. The molecular formula is C16H25ClN2O. The van der Waals surface area contributed by atoms with E-state index in [1.54, 1.807) is 0 Å². The third-order valence-electron chi connectivity index (χ3n) is 4.30. The Hall–Kier alpha value is -0.610. The average molecular weight is 297 g/mol. The van der Waals surface area contributed by atoms with E-state index < -0.39 is 0 Å². The van der Waals surface area contributed by atoms with Gasteiger partial charge < -0.3 is 10.5 Å². The van der Waals surface area contributed by atoms with Gasteiger partial charge in [0.15, 0.2) is 0 Å². The highest BCUT2D eigenvalue weighted by atomic mass is 35.5. The maximum atomic E-state index is 6.09. The van der Waals surface area contributed by atoms with Crippen LogP contribution in [-0.4, -0.2) is 42.8 Å². The van der Waals surface area contributed by atoms with Crippen LogP contribution in [0.3, 0.4) is 0 Å². The number of nitrogens with two attached hydrogens (primary N) is 1. The zero-order chi connectivity index (χ0) is 14.6. The summed E-state index contributed by atoms with van der Waals surface area (Å²) in [6, 6.07) is 8.08. The Morgan fingerprint density at radius 1 is 1.40 bits per heavy atom. The molecule has 112 valence electrons. The molecule has 1 heterocycles. The van der Waals surface area contributed by atoms with Gasteiger partial charge in [-0.3, -0.25) is 4.90 Å². The van der Waals surface area contributed by atoms with Gasteiger partial charge in [0, 0.05) is 30.2 Å². The largest absolute Gasteiger partial charge is 0.376 e. The quantitative estimate of drug-likeness (QED) is 0.908. The normalized spacial score (nSPS) is 23.5. The fraction of sp³-hybridized carbons (Fsp3) is 0.625. The molecule has 4 heteroatoms. The molecule has 0 aliphatic carbocycles. The first-order chi connectivity index (χ1) is 9.57. The van der Waals surface area contributed by atoms with Gasteiger partial charge in [-0.1, -0.05) is 30.7 Å². The van der Waals surface area contributed by atoms with Gasteiger partial charge in [0.2, 0.25) is 0 Å². The molecular weight excluding hydrogens is 272 g/mol. The van der Waals surface area contributed by atoms with Crippen LogP contribution in [0.1, 0.15) is 25.8 Å². The van der Waals surface area contributed by atoms with Gasteiger partial charge in [-0.15, -0.1) is 0 Å². The predicted molar refractivity (Wildman–Crippen MR) is 84.2 cm³/mol. The van der Waals surface area contributed by atoms with E-state index in [-0.39, 0.29) is 5.54 Å². The monoisotopic (exact) mass is 296 g/mol. The molecule has 1 aromatic carbocycles. The molecule has 0 spiro atoms. The molecule has 2 N–H and O–H groups in total. The van der Waals surface area contributed by atoms with Crippen molar-refractivity contribution in [2.45, 2.75) is 38.3 Å². The third kappa shape index (κ3) is 3.73. The summed E-state index contributed by atoms with van der Waals surface area (Å²) in [7, 11) is 0. The number of benzene rings is 1. The van der Waals surface area contributed by atoms with E-state index in [1.807, 2.05) is 12.1 Å². The van der Waals surface area contributed by atoms with Crippen molar-refractivity contribution >= 4 is 11.6 Å². The van der Waals surface area contributed by atoms with E-state index >= 15 is 0 Å². The van der Waals surface area contributed by atoms with Gasteiger partial charge in [0.05, 0.1) is 12.7 Å². The molecule has 20 heavy (non-hydrogen) atoms. The summed E-state index contributed by atoms with van der Waals surface area (Å²) < 4.78 is 5.76. The highest BCUT2D eigenvalue weighted by molar-refractivity contribution is 6.30. The Morgan fingerprint density at radius 3 is 2.70 bits per heavy atom. The molecule has 1 aliphatic rings. The molecule has 0 amide bonds. The first-order valence-corrected chi connectivity index (χ1v) is 7.76. The minimum absolute atomic E-state index is 0.0228. The van der Waals surface area contributed by atoms with Crippen molar-refractivity contribution in [3.05, 3.63) is 34.9 Å². The molecule has 0 bridgehead atoms. The van der Waals surface area contributed by atoms with E-state index in [2.05, 4.69) is 30.9 Å². The average Bonchev–Trinajstić information content (AvgIpc) is 2.49. The smallest absolute Gasteiger partial charge is 0.0700 e. The van der Waals surface area contributed by atoms with Crippen molar-refractivity contribution in [3.8, 4) is 0 Å². The van der Waals surface area contributed by atoms with Crippen molar-refractivity contribution < 1.29 is 4.74 Å². The lowest BCUT2D eigenvalue weighted by Crippen LogP contribution is -2.58. The maximum Gasteiger partial charge on any atom is 0.0700 e. The first-order valence-electron chi connectivity index (χ1n) is 7.38. The molecule has 1 fully saturated rings. The van der Waals surface area contributed by atoms with Gasteiger partial charge in [-0.25, -0.2) is 0 Å². The molecule has 0 radical (unpaired) electrons. The fourth-order valence-electron chi connectivity index (χ4n) is 2.81. The Balaban J connectivity index is 2.09. The number of morpholine rings is 1. The highest BCUT2D eigenvalue weighted by Gasteiger charge is 2.34. The fourth-order valence-corrected chi connectivity index (χ4v) is 2.94. The summed E-state index contributed by atoms with van der Waals surface area (Å²) in [5, 5.41) is 0.778. The molecule has 1 aliphatic heterocycles. The summed E-state index contributed by atoms with van der Waals surface area (Å²) in [6.07, 6.45) is 2.33. The molecule has 2 unspecified atom stereocenters. The predicted octanol–water partition coefficient (Wildman–Crippen LogP) is 2.71. The van der Waals surface area contributed by atoms with Gasteiger partial charge in [-0.2, -0.15) is 0 Å². The second kappa shape index (κ2) is 6.90. The minimum Gasteiger partial charge on any atom is -0.376 e. The lowest BCUT2D eigenvalue weighted by molar-refractivity contribution is -0.0648. The van der Waals surface area contributed by atoms with E-state index in [1.165, 1.54) is 5.56 Å². The van der Waals surface area contributed by atoms with Crippen molar-refractivity contribution in [1.82, 2.24) is 4.90 Å². The number of hydrogen-bond donors (Lipinski definition) is 1. The minimum atomic E-state index is -0.0228. The van der Waals surface area contributed by atoms with Crippen molar-refractivity contribution in [3.63, 3.8) is 0 Å². The summed E-state index contributed by atoms with van der Waals surface area (Å²) >= 11 is 5.95. The lowest BCUT2D eigenvalue weighted by Gasteiger charge is -2.45. The maximum absolute atomic E-state index is 6.09. The van der Waals surface area contributed by atoms with Crippen LogP contribution in [0.15, 0.2) is 24.3 Å². The van der Waals surface area contributed by atoms with Crippen LogP contribution in [0.25, 0.3) is 0 Å². The Kier molecular flexibility index (Phi) is 5.44. The van der Waals surface area contributed by atoms with E-state index in [4.69, 9.17) is 22.1 Å². The zero-order valence-corrected chi connectivity index (χ0v) is 13.2. The van der Waals surface area contributed by atoms with Crippen LogP contribution < -0.4 is 5.73 Å². The van der Waals surface area contributed by atoms with E-state index in [9.17, 15) is 0 Å². The van der Waals surface area contributed by atoms with Crippen molar-refractivity contribution in [1.29, 1.82) is 0 Å². The zero-order valence-electron chi connectivity index (χ0n) is 12.4. The molecule has 0 saturated carbocycles. The number of nitrogens with zero attached hydrogens (tertiary/aromatic N) is 1. The molecule has 2 atom stereocenters. The first kappa shape index (κ1) is 15.8. The topological polar surface area (TPSA) is 38.5 Å². The standard InChI is InChI=1S/C16H25ClN2O/c1-3-15-11-19(8-9-20-15)16(2,12-18)10-13-4-6-14(17)7-5-13/h4-7,15H,3,8-12,18H2,1-2H3. The van der Waals surface area contributed by atoms with Gasteiger partial charge in [0.25, 0.3) is 0 Å². The van der Waals surface area contributed by atoms with Gasteiger partial charge in [-0.05, 0) is 37.5 Å².